The van der Waals surface area contributed by atoms with Gasteiger partial charge in [0.1, 0.15) is 24.4 Å². The maximum atomic E-state index is 12.9. The first-order chi connectivity index (χ1) is 33.3. The molecule has 0 aromatic carbocycles. The lowest BCUT2D eigenvalue weighted by Crippen LogP contribution is -2.60. The molecule has 1 heterocycles. The molecule has 0 radical (unpaired) electrons. The van der Waals surface area contributed by atoms with Gasteiger partial charge >= 0.3 is 0 Å². The molecule has 1 saturated heterocycles. The van der Waals surface area contributed by atoms with Crippen molar-refractivity contribution < 1.29 is 39.8 Å². The number of aliphatic hydroxyl groups excluding tert-OH is 5. The highest BCUT2D eigenvalue weighted by Crippen LogP contribution is 2.23. The van der Waals surface area contributed by atoms with Crippen molar-refractivity contribution in [1.82, 2.24) is 5.32 Å². The van der Waals surface area contributed by atoms with E-state index in [1.165, 1.54) is 238 Å². The minimum Gasteiger partial charge on any atom is -0.394 e. The Bertz CT molecular complexity index is 1030. The van der Waals surface area contributed by atoms with E-state index in [-0.39, 0.29) is 12.5 Å². The molecule has 0 saturated carbocycles. The Morgan fingerprint density at radius 1 is 0.441 bits per heavy atom. The highest BCUT2D eigenvalue weighted by Gasteiger charge is 2.44. The number of hydrogen-bond acceptors (Lipinski definition) is 8. The van der Waals surface area contributed by atoms with Gasteiger partial charge < -0.3 is 40.3 Å². The van der Waals surface area contributed by atoms with Gasteiger partial charge in [0.2, 0.25) is 5.91 Å². The van der Waals surface area contributed by atoms with Crippen LogP contribution in [0.2, 0.25) is 0 Å². The summed E-state index contributed by atoms with van der Waals surface area (Å²) >= 11 is 0. The van der Waals surface area contributed by atoms with E-state index in [0.29, 0.717) is 12.8 Å². The fraction of sp³-hybridized carbons (Fsp3) is 0.983. The first kappa shape index (κ1) is 65.2. The van der Waals surface area contributed by atoms with Gasteiger partial charge in [0.25, 0.3) is 0 Å². The van der Waals surface area contributed by atoms with Crippen LogP contribution in [-0.2, 0) is 14.3 Å². The van der Waals surface area contributed by atoms with Gasteiger partial charge in [0.15, 0.2) is 6.29 Å². The highest BCUT2D eigenvalue weighted by atomic mass is 16.7. The Morgan fingerprint density at radius 3 is 1.04 bits per heavy atom. The molecular weight excluding hydrogens is 851 g/mol. The zero-order valence-corrected chi connectivity index (χ0v) is 45.2. The summed E-state index contributed by atoms with van der Waals surface area (Å²) in [4.78, 5) is 12.9. The fourth-order valence-corrected chi connectivity index (χ4v) is 10.2. The molecule has 68 heavy (non-hydrogen) atoms. The Morgan fingerprint density at radius 2 is 0.735 bits per heavy atom. The maximum absolute atomic E-state index is 12.9. The van der Waals surface area contributed by atoms with E-state index in [9.17, 15) is 30.3 Å². The summed E-state index contributed by atoms with van der Waals surface area (Å²) < 4.78 is 11.2. The van der Waals surface area contributed by atoms with Gasteiger partial charge in [0, 0.05) is 6.42 Å². The highest BCUT2D eigenvalue weighted by molar-refractivity contribution is 5.76. The van der Waals surface area contributed by atoms with E-state index >= 15 is 0 Å². The minimum atomic E-state index is -1.55. The molecule has 0 bridgehead atoms. The summed E-state index contributed by atoms with van der Waals surface area (Å²) in [6.07, 6.45) is 54.0. The molecule has 0 aromatic rings. The lowest BCUT2D eigenvalue weighted by atomic mass is 9.99. The largest absolute Gasteiger partial charge is 0.394 e. The Kier molecular flexibility index (Phi) is 47.7. The van der Waals surface area contributed by atoms with Gasteiger partial charge in [-0.05, 0) is 12.8 Å². The number of amides is 1. The van der Waals surface area contributed by atoms with Crippen molar-refractivity contribution in [3.8, 4) is 0 Å². The molecule has 0 aromatic heterocycles. The number of rotatable bonds is 53. The molecule has 1 aliphatic heterocycles. The van der Waals surface area contributed by atoms with Crippen LogP contribution < -0.4 is 5.32 Å². The predicted molar refractivity (Wildman–Crippen MR) is 286 cm³/mol. The zero-order valence-electron chi connectivity index (χ0n) is 45.2. The third-order valence-electron chi connectivity index (χ3n) is 15.0. The lowest BCUT2D eigenvalue weighted by Gasteiger charge is -2.40. The molecule has 1 rings (SSSR count). The first-order valence-electron chi connectivity index (χ1n) is 30.2. The topological polar surface area (TPSA) is 149 Å². The molecule has 1 fully saturated rings. The van der Waals surface area contributed by atoms with Crippen LogP contribution in [0.1, 0.15) is 316 Å². The molecule has 7 unspecified atom stereocenters. The van der Waals surface area contributed by atoms with Gasteiger partial charge in [-0.2, -0.15) is 0 Å². The molecule has 0 aliphatic carbocycles. The van der Waals surface area contributed by atoms with E-state index in [1.54, 1.807) is 0 Å². The van der Waals surface area contributed by atoms with E-state index in [4.69, 9.17) is 9.47 Å². The van der Waals surface area contributed by atoms with E-state index in [0.717, 1.165) is 51.4 Å². The van der Waals surface area contributed by atoms with Gasteiger partial charge in [-0.25, -0.2) is 0 Å². The second-order valence-electron chi connectivity index (χ2n) is 21.5. The van der Waals surface area contributed by atoms with Crippen molar-refractivity contribution in [3.05, 3.63) is 0 Å². The molecule has 7 atom stereocenters. The number of unbranched alkanes of at least 4 members (excludes halogenated alkanes) is 43. The number of aliphatic hydroxyl groups is 5. The zero-order chi connectivity index (χ0) is 49.4. The van der Waals surface area contributed by atoms with Crippen LogP contribution in [0.25, 0.3) is 0 Å². The molecule has 9 heteroatoms. The van der Waals surface area contributed by atoms with Crippen molar-refractivity contribution in [2.45, 2.75) is 358 Å². The third-order valence-corrected chi connectivity index (χ3v) is 15.0. The molecule has 1 aliphatic rings. The quantitative estimate of drug-likeness (QED) is 0.0330. The second-order valence-corrected chi connectivity index (χ2v) is 21.5. The summed E-state index contributed by atoms with van der Waals surface area (Å²) in [5.74, 6) is -0.144. The molecule has 0 spiro atoms. The van der Waals surface area contributed by atoms with Crippen molar-refractivity contribution in [2.24, 2.45) is 0 Å². The predicted octanol–water partition coefficient (Wildman–Crippen LogP) is 15.0. The van der Waals surface area contributed by atoms with Gasteiger partial charge in [0.05, 0.1) is 25.4 Å². The average Bonchev–Trinajstić information content (AvgIpc) is 3.34. The van der Waals surface area contributed by atoms with Crippen LogP contribution in [-0.4, -0.2) is 87.5 Å². The maximum Gasteiger partial charge on any atom is 0.220 e. The summed E-state index contributed by atoms with van der Waals surface area (Å²) in [5.41, 5.74) is 0. The molecule has 406 valence electrons. The van der Waals surface area contributed by atoms with E-state index in [2.05, 4.69) is 19.2 Å². The smallest absolute Gasteiger partial charge is 0.220 e. The van der Waals surface area contributed by atoms with Crippen LogP contribution in [0.4, 0.5) is 0 Å². The fourth-order valence-electron chi connectivity index (χ4n) is 10.2. The SMILES string of the molecule is CCCCCCCCCCCCCCCCCCCCCCCCCCCCCCCCCCCCCCCCCCC(=O)NC(COC1OC(CO)C(O)C(O)C1O)C(O)CCCCCCC. The summed E-state index contributed by atoms with van der Waals surface area (Å²) in [6.45, 7) is 3.77. The van der Waals surface area contributed by atoms with Crippen molar-refractivity contribution >= 4 is 5.91 Å². The van der Waals surface area contributed by atoms with Crippen LogP contribution in [0.5, 0.6) is 0 Å². The first-order valence-corrected chi connectivity index (χ1v) is 30.2. The van der Waals surface area contributed by atoms with Gasteiger partial charge in [-0.1, -0.05) is 296 Å². The van der Waals surface area contributed by atoms with E-state index in [1.807, 2.05) is 0 Å². The van der Waals surface area contributed by atoms with Crippen LogP contribution >= 0.6 is 0 Å². The molecule has 6 N–H and O–H groups in total. The Balaban J connectivity index is 1.88. The van der Waals surface area contributed by atoms with E-state index < -0.39 is 49.5 Å². The molecule has 9 nitrogen and oxygen atoms in total. The van der Waals surface area contributed by atoms with Crippen LogP contribution in [0, 0.1) is 0 Å². The molecule has 1 amide bonds. The number of ether oxygens (including phenoxy) is 2. The number of carbonyl (C=O) groups excluding carboxylic acids is 1. The number of carbonyl (C=O) groups is 1. The Labute approximate surface area is 421 Å². The Hall–Kier alpha value is -0.810. The molecular formula is C59H117NO8. The van der Waals surface area contributed by atoms with Crippen molar-refractivity contribution in [2.75, 3.05) is 13.2 Å². The third kappa shape index (κ3) is 38.8. The lowest BCUT2D eigenvalue weighted by molar-refractivity contribution is -0.302. The van der Waals surface area contributed by atoms with Crippen LogP contribution in [0.3, 0.4) is 0 Å². The minimum absolute atomic E-state index is 0.135. The normalized spacial score (nSPS) is 19.4. The van der Waals surface area contributed by atoms with Crippen molar-refractivity contribution in [1.29, 1.82) is 0 Å². The van der Waals surface area contributed by atoms with Gasteiger partial charge in [-0.3, -0.25) is 4.79 Å². The van der Waals surface area contributed by atoms with Crippen LogP contribution in [0.15, 0.2) is 0 Å². The second kappa shape index (κ2) is 49.8. The summed E-state index contributed by atoms with van der Waals surface area (Å²) in [5, 5.41) is 54.0. The number of nitrogens with one attached hydrogen (secondary N) is 1. The summed E-state index contributed by atoms with van der Waals surface area (Å²) in [6, 6.07) is -0.710. The van der Waals surface area contributed by atoms with Gasteiger partial charge in [-0.15, -0.1) is 0 Å². The standard InChI is InChI=1S/C59H117NO8/c1-3-5-7-9-10-11-12-13-14-15-16-17-18-19-20-21-22-23-24-25-26-27-28-29-30-31-32-33-34-35-36-37-38-39-40-41-42-43-45-47-49-55(63)60-52(53(62)48-46-44-8-6-4-2)51-67-59-58(66)57(65)56(64)54(50-61)68-59/h52-54,56-59,61-62,64-66H,3-51H2,1-2H3,(H,60,63). The monoisotopic (exact) mass is 968 g/mol. The van der Waals surface area contributed by atoms with Crippen molar-refractivity contribution in [3.63, 3.8) is 0 Å². The average molecular weight is 969 g/mol. The summed E-state index contributed by atoms with van der Waals surface area (Å²) in [7, 11) is 0. The number of hydrogen-bond donors (Lipinski definition) is 6.